The smallest absolute Gasteiger partial charge is 0.244 e. The Morgan fingerprint density at radius 3 is 2.82 bits per heavy atom. The van der Waals surface area contributed by atoms with Crippen LogP contribution in [0, 0.1) is 0 Å². The first-order valence-electron chi connectivity index (χ1n) is 6.88. The van der Waals surface area contributed by atoms with Crippen molar-refractivity contribution in [1.29, 1.82) is 0 Å². The number of nitrogens with zero attached hydrogens (tertiary/aromatic N) is 3. The Morgan fingerprint density at radius 2 is 2.18 bits per heavy atom. The molecule has 2 aromatic rings. The Labute approximate surface area is 138 Å². The standard InChI is InChI=1S/C14H17BrN4O2S/c1-18(2)22(20,21)13-8-19(9-14-16-5-6-17-14)12-7-10(15)3-4-11(12)13/h3-4,7-8H,5-6,9H2,1-2H3,(H,16,17). The van der Waals surface area contributed by atoms with Gasteiger partial charge in [-0.15, -0.1) is 0 Å². The number of fused-ring (bicyclic) bond motifs is 1. The third-order valence-corrected chi connectivity index (χ3v) is 5.97. The second kappa shape index (κ2) is 5.68. The van der Waals surface area contributed by atoms with Crippen LogP contribution < -0.4 is 5.32 Å². The first-order valence-corrected chi connectivity index (χ1v) is 9.11. The molecule has 0 unspecified atom stereocenters. The van der Waals surface area contributed by atoms with Gasteiger partial charge in [0.05, 0.1) is 18.6 Å². The highest BCUT2D eigenvalue weighted by atomic mass is 79.9. The molecule has 0 radical (unpaired) electrons. The molecule has 3 rings (SSSR count). The Hall–Kier alpha value is -1.38. The molecular formula is C14H17BrN4O2S. The molecule has 0 saturated heterocycles. The number of amidine groups is 1. The van der Waals surface area contributed by atoms with Gasteiger partial charge in [-0.25, -0.2) is 12.7 Å². The Kier molecular flexibility index (Phi) is 4.00. The van der Waals surface area contributed by atoms with E-state index < -0.39 is 10.0 Å². The van der Waals surface area contributed by atoms with E-state index in [1.165, 1.54) is 4.31 Å². The molecule has 0 fully saturated rings. The quantitative estimate of drug-likeness (QED) is 0.871. The third-order valence-electron chi connectivity index (χ3n) is 3.63. The predicted molar refractivity (Wildman–Crippen MR) is 90.8 cm³/mol. The molecule has 0 atom stereocenters. The molecule has 0 bridgehead atoms. The van der Waals surface area contributed by atoms with Crippen molar-refractivity contribution in [2.75, 3.05) is 27.2 Å². The summed E-state index contributed by atoms with van der Waals surface area (Å²) in [5, 5.41) is 3.93. The SMILES string of the molecule is CN(C)S(=O)(=O)c1cn(CC2=NCCN2)c2cc(Br)ccc12. The van der Waals surface area contributed by atoms with Crippen LogP contribution in [0.15, 0.2) is 38.8 Å². The molecule has 0 amide bonds. The number of nitrogens with one attached hydrogen (secondary N) is 1. The molecule has 1 aliphatic heterocycles. The van der Waals surface area contributed by atoms with Gasteiger partial charge in [0.25, 0.3) is 0 Å². The minimum atomic E-state index is -3.49. The molecule has 1 N–H and O–H groups in total. The Bertz CT molecular complexity index is 855. The number of rotatable bonds is 4. The van der Waals surface area contributed by atoms with Gasteiger partial charge in [-0.3, -0.25) is 4.99 Å². The minimum Gasteiger partial charge on any atom is -0.370 e. The van der Waals surface area contributed by atoms with Gasteiger partial charge < -0.3 is 9.88 Å². The number of sulfonamides is 1. The fourth-order valence-electron chi connectivity index (χ4n) is 2.48. The van der Waals surface area contributed by atoms with Crippen LogP contribution in [0.5, 0.6) is 0 Å². The highest BCUT2D eigenvalue weighted by molar-refractivity contribution is 9.10. The van der Waals surface area contributed by atoms with Crippen molar-refractivity contribution in [3.63, 3.8) is 0 Å². The van der Waals surface area contributed by atoms with Crippen LogP contribution in [0.2, 0.25) is 0 Å². The lowest BCUT2D eigenvalue weighted by Gasteiger charge is -2.09. The van der Waals surface area contributed by atoms with Crippen molar-refractivity contribution < 1.29 is 8.42 Å². The first-order chi connectivity index (χ1) is 10.4. The molecule has 22 heavy (non-hydrogen) atoms. The summed E-state index contributed by atoms with van der Waals surface area (Å²) >= 11 is 3.45. The highest BCUT2D eigenvalue weighted by Gasteiger charge is 2.24. The molecule has 1 aliphatic rings. The first kappa shape index (κ1) is 15.5. The largest absolute Gasteiger partial charge is 0.370 e. The van der Waals surface area contributed by atoms with Crippen LogP contribution in [0.1, 0.15) is 0 Å². The summed E-state index contributed by atoms with van der Waals surface area (Å²) in [5.74, 6) is 0.880. The van der Waals surface area contributed by atoms with E-state index in [1.807, 2.05) is 22.8 Å². The normalized spacial score (nSPS) is 15.4. The zero-order valence-electron chi connectivity index (χ0n) is 12.4. The van der Waals surface area contributed by atoms with Crippen LogP contribution in [-0.4, -0.2) is 50.3 Å². The van der Waals surface area contributed by atoms with Gasteiger partial charge in [0.15, 0.2) is 0 Å². The van der Waals surface area contributed by atoms with Crippen LogP contribution in [0.25, 0.3) is 10.9 Å². The second-order valence-electron chi connectivity index (χ2n) is 5.33. The lowest BCUT2D eigenvalue weighted by Crippen LogP contribution is -2.23. The third kappa shape index (κ3) is 2.66. The second-order valence-corrected chi connectivity index (χ2v) is 8.36. The number of hydrogen-bond acceptors (Lipinski definition) is 4. The predicted octanol–water partition coefficient (Wildman–Crippen LogP) is 1.66. The molecule has 8 heteroatoms. The molecule has 0 spiro atoms. The van der Waals surface area contributed by atoms with Gasteiger partial charge in [-0.05, 0) is 12.1 Å². The van der Waals surface area contributed by atoms with Crippen LogP contribution in [-0.2, 0) is 16.6 Å². The van der Waals surface area contributed by atoms with Crippen molar-refractivity contribution in [3.8, 4) is 0 Å². The molecule has 0 aliphatic carbocycles. The van der Waals surface area contributed by atoms with Crippen LogP contribution in [0.4, 0.5) is 0 Å². The van der Waals surface area contributed by atoms with Gasteiger partial charge in [0.2, 0.25) is 10.0 Å². The summed E-state index contributed by atoms with van der Waals surface area (Å²) < 4.78 is 29.1. The van der Waals surface area contributed by atoms with E-state index in [4.69, 9.17) is 0 Å². The number of hydrogen-bond donors (Lipinski definition) is 1. The van der Waals surface area contributed by atoms with Crippen molar-refractivity contribution in [2.45, 2.75) is 11.4 Å². The van der Waals surface area contributed by atoms with Crippen molar-refractivity contribution in [3.05, 3.63) is 28.9 Å². The lowest BCUT2D eigenvalue weighted by molar-refractivity contribution is 0.521. The van der Waals surface area contributed by atoms with E-state index in [0.29, 0.717) is 11.4 Å². The van der Waals surface area contributed by atoms with E-state index in [-0.39, 0.29) is 0 Å². The van der Waals surface area contributed by atoms with Gasteiger partial charge in [-0.1, -0.05) is 22.0 Å². The minimum absolute atomic E-state index is 0.318. The molecule has 1 aromatic carbocycles. The fraction of sp³-hybridized carbons (Fsp3) is 0.357. The lowest BCUT2D eigenvalue weighted by atomic mass is 10.2. The number of aromatic nitrogens is 1. The molecule has 2 heterocycles. The van der Waals surface area contributed by atoms with Gasteiger partial charge in [0.1, 0.15) is 10.7 Å². The van der Waals surface area contributed by atoms with Crippen molar-refractivity contribution in [1.82, 2.24) is 14.2 Å². The summed E-state index contributed by atoms with van der Waals surface area (Å²) in [6, 6.07) is 5.61. The number of aliphatic imine (C=N–C) groups is 1. The molecule has 0 saturated carbocycles. The Balaban J connectivity index is 2.18. The van der Waals surface area contributed by atoms with Gasteiger partial charge in [-0.2, -0.15) is 0 Å². The average Bonchev–Trinajstić information content (AvgIpc) is 3.07. The van der Waals surface area contributed by atoms with E-state index >= 15 is 0 Å². The number of benzene rings is 1. The topological polar surface area (TPSA) is 66.7 Å². The van der Waals surface area contributed by atoms with E-state index in [1.54, 1.807) is 20.3 Å². The molecule has 1 aromatic heterocycles. The fourth-order valence-corrected chi connectivity index (χ4v) is 3.93. The zero-order chi connectivity index (χ0) is 15.9. The van der Waals surface area contributed by atoms with Crippen LogP contribution >= 0.6 is 15.9 Å². The number of halogens is 1. The summed E-state index contributed by atoms with van der Waals surface area (Å²) in [5.41, 5.74) is 0.867. The molecule has 118 valence electrons. The average molecular weight is 385 g/mol. The summed E-state index contributed by atoms with van der Waals surface area (Å²) in [6.45, 7) is 2.14. The summed E-state index contributed by atoms with van der Waals surface area (Å²) in [7, 11) is -0.409. The maximum atomic E-state index is 12.5. The monoisotopic (exact) mass is 384 g/mol. The highest BCUT2D eigenvalue weighted by Crippen LogP contribution is 2.29. The van der Waals surface area contributed by atoms with Gasteiger partial charge in [0, 0.05) is 36.7 Å². The van der Waals surface area contributed by atoms with Crippen molar-refractivity contribution >= 4 is 42.7 Å². The van der Waals surface area contributed by atoms with Gasteiger partial charge >= 0.3 is 0 Å². The van der Waals surface area contributed by atoms with E-state index in [9.17, 15) is 8.42 Å². The zero-order valence-corrected chi connectivity index (χ0v) is 14.8. The molecular weight excluding hydrogens is 368 g/mol. The van der Waals surface area contributed by atoms with E-state index in [0.717, 1.165) is 34.3 Å². The maximum absolute atomic E-state index is 12.5. The van der Waals surface area contributed by atoms with Crippen molar-refractivity contribution in [2.24, 2.45) is 4.99 Å². The summed E-state index contributed by atoms with van der Waals surface area (Å²) in [4.78, 5) is 4.70. The Morgan fingerprint density at radius 1 is 1.41 bits per heavy atom. The van der Waals surface area contributed by atoms with E-state index in [2.05, 4.69) is 26.2 Å². The maximum Gasteiger partial charge on any atom is 0.244 e. The molecule has 6 nitrogen and oxygen atoms in total. The summed E-state index contributed by atoms with van der Waals surface area (Å²) in [6.07, 6.45) is 1.69. The van der Waals surface area contributed by atoms with Crippen LogP contribution in [0.3, 0.4) is 0 Å².